The van der Waals surface area contributed by atoms with Gasteiger partial charge in [0.1, 0.15) is 0 Å². The molecule has 182 valence electrons. The van der Waals surface area contributed by atoms with E-state index in [1.165, 1.54) is 18.3 Å². The number of carbonyl (C=O) groups is 3. The fourth-order valence-corrected chi connectivity index (χ4v) is 3.23. The first-order valence-electron chi connectivity index (χ1n) is 10.1. The highest BCUT2D eigenvalue weighted by Gasteiger charge is 2.32. The first-order chi connectivity index (χ1) is 16.6. The van der Waals surface area contributed by atoms with Crippen molar-refractivity contribution in [3.63, 3.8) is 0 Å². The molecule has 6 N–H and O–H groups in total. The van der Waals surface area contributed by atoms with E-state index < -0.39 is 36.7 Å². The number of nitroso groups, excluding NO2 is 1. The number of hydrogen-bond acceptors (Lipinski definition) is 12. The Morgan fingerprint density at radius 1 is 1.09 bits per heavy atom. The average Bonchev–Trinajstić information content (AvgIpc) is 2.81. The van der Waals surface area contributed by atoms with Gasteiger partial charge >= 0.3 is 11.9 Å². The number of aliphatic carboxylic acids is 2. The zero-order valence-corrected chi connectivity index (χ0v) is 18.4. The van der Waals surface area contributed by atoms with Crippen LogP contribution in [0.15, 0.2) is 35.7 Å². The Morgan fingerprint density at radius 2 is 1.77 bits per heavy atom. The highest BCUT2D eigenvalue weighted by Crippen LogP contribution is 2.20. The lowest BCUT2D eigenvalue weighted by atomic mass is 10.1. The summed E-state index contributed by atoms with van der Waals surface area (Å²) in [6.45, 7) is 0.304. The van der Waals surface area contributed by atoms with Crippen LogP contribution in [0.4, 0.5) is 17.5 Å². The molecule has 0 saturated heterocycles. The van der Waals surface area contributed by atoms with E-state index >= 15 is 0 Å². The fraction of sp³-hybridized carbons (Fsp3) is 0.250. The van der Waals surface area contributed by atoms with Gasteiger partial charge in [0.25, 0.3) is 5.91 Å². The number of rotatable bonds is 10. The van der Waals surface area contributed by atoms with Crippen molar-refractivity contribution < 1.29 is 24.6 Å². The first kappa shape index (κ1) is 24.7. The second kappa shape index (κ2) is 10.3. The number of carbonyl (C=O) groups excluding carboxylic acids is 1. The largest absolute Gasteiger partial charge is 0.481 e. The number of carboxylic acids is 2. The van der Waals surface area contributed by atoms with E-state index in [2.05, 4.69) is 25.2 Å². The third-order valence-electron chi connectivity index (χ3n) is 4.96. The van der Waals surface area contributed by atoms with Gasteiger partial charge in [0, 0.05) is 24.7 Å². The van der Waals surface area contributed by atoms with Crippen LogP contribution in [0.1, 0.15) is 28.9 Å². The zero-order valence-electron chi connectivity index (χ0n) is 18.4. The molecular weight excluding hydrogens is 462 g/mol. The number of anilines is 3. The van der Waals surface area contributed by atoms with Crippen molar-refractivity contribution in [2.75, 3.05) is 23.4 Å². The van der Waals surface area contributed by atoms with E-state index in [1.807, 2.05) is 0 Å². The number of nitrogens with zero attached hydrogens (tertiary/aromatic N) is 7. The Bertz CT molecular complexity index is 1280. The van der Waals surface area contributed by atoms with E-state index in [0.29, 0.717) is 23.4 Å². The minimum Gasteiger partial charge on any atom is -0.481 e. The lowest BCUT2D eigenvalue weighted by Crippen LogP contribution is -2.41. The molecule has 0 unspecified atom stereocenters. The van der Waals surface area contributed by atoms with Crippen molar-refractivity contribution in [2.24, 2.45) is 5.29 Å². The monoisotopic (exact) mass is 483 g/mol. The van der Waals surface area contributed by atoms with E-state index in [9.17, 15) is 24.4 Å². The number of nitrogens with two attached hydrogens (primary N) is 2. The number of carboxylic acid groups (broad SMARTS) is 2. The van der Waals surface area contributed by atoms with Crippen molar-refractivity contribution in [2.45, 2.75) is 25.4 Å². The number of hydrogen-bond donors (Lipinski definition) is 4. The van der Waals surface area contributed by atoms with Crippen LogP contribution in [0, 0.1) is 4.91 Å². The molecule has 3 aromatic rings. The third kappa shape index (κ3) is 5.70. The molecule has 0 spiro atoms. The summed E-state index contributed by atoms with van der Waals surface area (Å²) in [6, 6.07) is 4.23. The molecule has 1 amide bonds. The van der Waals surface area contributed by atoms with Gasteiger partial charge in [-0.2, -0.15) is 15.0 Å². The van der Waals surface area contributed by atoms with Gasteiger partial charge in [-0.15, -0.1) is 4.91 Å². The maximum absolute atomic E-state index is 12.7. The van der Waals surface area contributed by atoms with E-state index in [0.717, 1.165) is 0 Å². The molecule has 1 atom stereocenters. The summed E-state index contributed by atoms with van der Waals surface area (Å²) < 4.78 is 0. The molecule has 0 aliphatic rings. The second-order valence-electron chi connectivity index (χ2n) is 7.42. The lowest BCUT2D eigenvalue weighted by Gasteiger charge is -2.22. The topological polar surface area (TPSA) is 231 Å². The number of fused-ring (bicyclic) bond motifs is 1. The van der Waals surface area contributed by atoms with Crippen LogP contribution in [-0.4, -0.2) is 66.1 Å². The Morgan fingerprint density at radius 3 is 2.37 bits per heavy atom. The summed E-state index contributed by atoms with van der Waals surface area (Å²) in [6.07, 6.45) is 0.486. The van der Waals surface area contributed by atoms with Crippen molar-refractivity contribution in [1.29, 1.82) is 0 Å². The summed E-state index contributed by atoms with van der Waals surface area (Å²) in [7, 11) is 1.76. The fourth-order valence-electron chi connectivity index (χ4n) is 3.23. The second-order valence-corrected chi connectivity index (χ2v) is 7.42. The molecule has 0 aliphatic heterocycles. The Labute approximate surface area is 197 Å². The Hall–Kier alpha value is -4.95. The number of amides is 1. The van der Waals surface area contributed by atoms with Crippen LogP contribution < -0.4 is 16.4 Å². The number of benzene rings is 1. The summed E-state index contributed by atoms with van der Waals surface area (Å²) in [5.41, 5.74) is 13.2. The molecule has 2 heterocycles. The van der Waals surface area contributed by atoms with Gasteiger partial charge in [-0.1, -0.05) is 0 Å². The minimum atomic E-state index is -1.71. The SMILES string of the molecule is CN(Cc1cnc2nc(N)nc(N)c2n1)c1ccc(C(=O)N(N=O)[C@@H](CCC(=O)O)C(=O)O)cc1. The summed E-state index contributed by atoms with van der Waals surface area (Å²) in [4.78, 5) is 64.4. The molecule has 0 bridgehead atoms. The summed E-state index contributed by atoms with van der Waals surface area (Å²) in [5.74, 6) is -3.69. The molecule has 3 rings (SSSR count). The molecule has 0 radical (unpaired) electrons. The normalized spacial score (nSPS) is 11.6. The molecule has 1 aromatic carbocycles. The van der Waals surface area contributed by atoms with Gasteiger partial charge in [-0.05, 0) is 30.7 Å². The molecule has 15 heteroatoms. The number of aromatic nitrogens is 4. The van der Waals surface area contributed by atoms with E-state index in [1.54, 1.807) is 24.1 Å². The zero-order chi connectivity index (χ0) is 25.7. The standard InChI is InChI=1S/C20H21N9O6/c1-28(9-11-8-23-17-15(24-11)16(21)25-20(22)26-17)12-4-2-10(3-5-12)18(32)29(27-35)13(19(33)34)6-7-14(30)31/h2-5,8,13H,6-7,9H2,1H3,(H,30,31)(H,33,34)(H4,21,22,23,25,26)/t13-/m0/s1. The molecule has 35 heavy (non-hydrogen) atoms. The van der Waals surface area contributed by atoms with Gasteiger partial charge in [0.2, 0.25) is 5.95 Å². The minimum absolute atomic E-state index is 0.00340. The Balaban J connectivity index is 1.75. The Kier molecular flexibility index (Phi) is 7.28. The van der Waals surface area contributed by atoms with Gasteiger partial charge in [0.15, 0.2) is 23.0 Å². The smallest absolute Gasteiger partial charge is 0.328 e. The number of nitrogen functional groups attached to an aromatic ring is 2. The van der Waals surface area contributed by atoms with Gasteiger partial charge in [-0.25, -0.2) is 14.8 Å². The predicted molar refractivity (Wildman–Crippen MR) is 123 cm³/mol. The first-order valence-corrected chi connectivity index (χ1v) is 10.1. The van der Waals surface area contributed by atoms with Crippen LogP contribution in [0.25, 0.3) is 11.2 Å². The molecule has 15 nitrogen and oxygen atoms in total. The van der Waals surface area contributed by atoms with Crippen LogP contribution in [0.3, 0.4) is 0 Å². The summed E-state index contributed by atoms with van der Waals surface area (Å²) in [5, 5.41) is 20.8. The van der Waals surface area contributed by atoms with Gasteiger partial charge in [-0.3, -0.25) is 9.59 Å². The van der Waals surface area contributed by atoms with Crippen LogP contribution >= 0.6 is 0 Å². The van der Waals surface area contributed by atoms with Crippen LogP contribution in [0.2, 0.25) is 0 Å². The predicted octanol–water partition coefficient (Wildman–Crippen LogP) is 0.662. The quantitative estimate of drug-likeness (QED) is 0.229. The van der Waals surface area contributed by atoms with E-state index in [4.69, 9.17) is 16.6 Å². The van der Waals surface area contributed by atoms with Crippen molar-refractivity contribution >= 4 is 46.5 Å². The third-order valence-corrected chi connectivity index (χ3v) is 4.96. The summed E-state index contributed by atoms with van der Waals surface area (Å²) >= 11 is 0. The van der Waals surface area contributed by atoms with Crippen molar-refractivity contribution in [3.8, 4) is 0 Å². The molecule has 0 aliphatic carbocycles. The molecule has 0 fully saturated rings. The maximum Gasteiger partial charge on any atom is 0.328 e. The van der Waals surface area contributed by atoms with Gasteiger partial charge in [0.05, 0.1) is 23.7 Å². The average molecular weight is 483 g/mol. The molecular formula is C20H21N9O6. The molecule has 2 aromatic heterocycles. The van der Waals surface area contributed by atoms with Gasteiger partial charge < -0.3 is 26.6 Å². The van der Waals surface area contributed by atoms with Crippen molar-refractivity contribution in [1.82, 2.24) is 24.9 Å². The van der Waals surface area contributed by atoms with Crippen molar-refractivity contribution in [3.05, 3.63) is 46.6 Å². The van der Waals surface area contributed by atoms with E-state index in [-0.39, 0.29) is 28.0 Å². The van der Waals surface area contributed by atoms with Crippen LogP contribution in [0.5, 0.6) is 0 Å². The van der Waals surface area contributed by atoms with Crippen LogP contribution in [-0.2, 0) is 16.1 Å². The molecule has 0 saturated carbocycles. The maximum atomic E-state index is 12.7. The lowest BCUT2D eigenvalue weighted by molar-refractivity contribution is -0.143. The highest BCUT2D eigenvalue weighted by molar-refractivity contribution is 5.96. The highest BCUT2D eigenvalue weighted by atomic mass is 16.4.